The molecular formula is C26H26O5. The minimum Gasteiger partial charge on any atom is -0.497 e. The van der Waals surface area contributed by atoms with Gasteiger partial charge in [-0.15, -0.1) is 0 Å². The van der Waals surface area contributed by atoms with E-state index in [1.54, 1.807) is 61.7 Å². The van der Waals surface area contributed by atoms with Crippen molar-refractivity contribution in [2.75, 3.05) is 7.11 Å². The van der Waals surface area contributed by atoms with Gasteiger partial charge in [-0.2, -0.15) is 0 Å². The zero-order chi connectivity index (χ0) is 22.6. The molecule has 3 aromatic carbocycles. The smallest absolute Gasteiger partial charge is 0.343 e. The Hall–Kier alpha value is -3.60. The number of aryl methyl sites for hydroxylation is 1. The summed E-state index contributed by atoms with van der Waals surface area (Å²) >= 11 is 0. The van der Waals surface area contributed by atoms with Crippen LogP contribution in [0.1, 0.15) is 52.6 Å². The first-order valence-corrected chi connectivity index (χ1v) is 9.97. The lowest BCUT2D eigenvalue weighted by Crippen LogP contribution is -2.17. The largest absolute Gasteiger partial charge is 0.497 e. The molecule has 3 aromatic rings. The second-order valence-corrected chi connectivity index (χ2v) is 8.28. The summed E-state index contributed by atoms with van der Waals surface area (Å²) in [6, 6.07) is 18.9. The second kappa shape index (κ2) is 9.04. The van der Waals surface area contributed by atoms with E-state index >= 15 is 0 Å². The molecule has 0 amide bonds. The van der Waals surface area contributed by atoms with E-state index in [1.165, 1.54) is 0 Å². The Balaban J connectivity index is 1.83. The predicted octanol–water partition coefficient (Wildman–Crippen LogP) is 5.74. The fraction of sp³-hybridized carbons (Fsp3) is 0.231. The van der Waals surface area contributed by atoms with Crippen LogP contribution in [-0.4, -0.2) is 19.0 Å². The Labute approximate surface area is 182 Å². The molecule has 3 rings (SSSR count). The molecule has 31 heavy (non-hydrogen) atoms. The summed E-state index contributed by atoms with van der Waals surface area (Å²) in [5.74, 6) is 0.551. The Morgan fingerprint density at radius 2 is 1.23 bits per heavy atom. The number of carbonyl (C=O) groups is 2. The Morgan fingerprint density at radius 3 is 1.77 bits per heavy atom. The first kappa shape index (κ1) is 22.1. The minimum absolute atomic E-state index is 0.345. The lowest BCUT2D eigenvalue weighted by Gasteiger charge is -2.23. The van der Waals surface area contributed by atoms with Crippen LogP contribution in [0.15, 0.2) is 66.7 Å². The van der Waals surface area contributed by atoms with Gasteiger partial charge in [-0.1, -0.05) is 38.5 Å². The van der Waals surface area contributed by atoms with Gasteiger partial charge >= 0.3 is 11.9 Å². The van der Waals surface area contributed by atoms with E-state index in [9.17, 15) is 9.59 Å². The van der Waals surface area contributed by atoms with Crippen molar-refractivity contribution in [1.29, 1.82) is 0 Å². The highest BCUT2D eigenvalue weighted by Gasteiger charge is 2.23. The molecule has 0 N–H and O–H groups in total. The van der Waals surface area contributed by atoms with Crippen molar-refractivity contribution < 1.29 is 23.8 Å². The van der Waals surface area contributed by atoms with Crippen LogP contribution in [0.4, 0.5) is 0 Å². The summed E-state index contributed by atoms with van der Waals surface area (Å²) in [5, 5.41) is 0. The Morgan fingerprint density at radius 1 is 0.710 bits per heavy atom. The highest BCUT2D eigenvalue weighted by atomic mass is 16.5. The molecule has 0 saturated heterocycles. The third-order valence-electron chi connectivity index (χ3n) is 4.79. The maximum absolute atomic E-state index is 12.6. The molecule has 0 fully saturated rings. The van der Waals surface area contributed by atoms with E-state index in [0.29, 0.717) is 28.4 Å². The third kappa shape index (κ3) is 5.51. The zero-order valence-corrected chi connectivity index (χ0v) is 18.4. The standard InChI is InChI=1S/C26H26O5/c1-17-6-8-18(9-7-17)24(27)30-21-14-15-23(22(16-21)26(2,3)4)31-25(28)19-10-12-20(29-5)13-11-19/h6-16H,1-5H3. The van der Waals surface area contributed by atoms with Gasteiger partial charge in [-0.05, 0) is 66.9 Å². The molecule has 0 aromatic heterocycles. The molecule has 0 saturated carbocycles. The van der Waals surface area contributed by atoms with Gasteiger partial charge in [0.05, 0.1) is 18.2 Å². The monoisotopic (exact) mass is 418 g/mol. The molecule has 0 bridgehead atoms. The minimum atomic E-state index is -0.474. The van der Waals surface area contributed by atoms with Crippen LogP contribution in [-0.2, 0) is 5.41 Å². The van der Waals surface area contributed by atoms with Crippen LogP contribution in [0, 0.1) is 6.92 Å². The quantitative estimate of drug-likeness (QED) is 0.391. The van der Waals surface area contributed by atoms with Gasteiger partial charge in [0, 0.05) is 5.56 Å². The summed E-state index contributed by atoms with van der Waals surface area (Å²) in [6.07, 6.45) is 0. The predicted molar refractivity (Wildman–Crippen MR) is 119 cm³/mol. The summed E-state index contributed by atoms with van der Waals surface area (Å²) in [7, 11) is 1.57. The molecule has 0 aliphatic rings. The molecule has 0 unspecified atom stereocenters. The van der Waals surface area contributed by atoms with Crippen LogP contribution in [0.3, 0.4) is 0 Å². The maximum atomic E-state index is 12.6. The summed E-state index contributed by atoms with van der Waals surface area (Å²) in [5.41, 5.74) is 2.36. The number of methoxy groups -OCH3 is 1. The molecule has 0 aliphatic heterocycles. The van der Waals surface area contributed by atoms with Crippen molar-refractivity contribution in [3.05, 3.63) is 89.0 Å². The topological polar surface area (TPSA) is 61.8 Å². The van der Waals surface area contributed by atoms with Crippen LogP contribution in [0.2, 0.25) is 0 Å². The van der Waals surface area contributed by atoms with E-state index in [2.05, 4.69) is 0 Å². The second-order valence-electron chi connectivity index (χ2n) is 8.28. The van der Waals surface area contributed by atoms with E-state index in [-0.39, 0.29) is 5.41 Å². The maximum Gasteiger partial charge on any atom is 0.343 e. The van der Waals surface area contributed by atoms with Gasteiger partial charge in [-0.3, -0.25) is 0 Å². The molecule has 0 atom stereocenters. The number of esters is 2. The normalized spacial score (nSPS) is 11.0. The number of benzene rings is 3. The van der Waals surface area contributed by atoms with E-state index in [4.69, 9.17) is 14.2 Å². The highest BCUT2D eigenvalue weighted by molar-refractivity contribution is 5.92. The van der Waals surface area contributed by atoms with Gasteiger partial charge in [0.15, 0.2) is 0 Å². The number of carbonyl (C=O) groups excluding carboxylic acids is 2. The molecule has 5 nitrogen and oxygen atoms in total. The number of ether oxygens (including phenoxy) is 3. The van der Waals surface area contributed by atoms with Crippen LogP contribution < -0.4 is 14.2 Å². The van der Waals surface area contributed by atoms with Gasteiger partial charge in [0.25, 0.3) is 0 Å². The first-order valence-electron chi connectivity index (χ1n) is 9.97. The van der Waals surface area contributed by atoms with E-state index in [0.717, 1.165) is 11.1 Å². The summed E-state index contributed by atoms with van der Waals surface area (Å²) < 4.78 is 16.3. The lowest BCUT2D eigenvalue weighted by molar-refractivity contribution is 0.0716. The van der Waals surface area contributed by atoms with Gasteiger partial charge in [0.2, 0.25) is 0 Å². The molecule has 160 valence electrons. The van der Waals surface area contributed by atoms with Crippen molar-refractivity contribution in [3.63, 3.8) is 0 Å². The van der Waals surface area contributed by atoms with Crippen LogP contribution in [0.25, 0.3) is 0 Å². The number of hydrogen-bond donors (Lipinski definition) is 0. The van der Waals surface area contributed by atoms with Crippen molar-refractivity contribution in [3.8, 4) is 17.2 Å². The Kier molecular flexibility index (Phi) is 6.44. The summed E-state index contributed by atoms with van der Waals surface area (Å²) in [4.78, 5) is 25.1. The van der Waals surface area contributed by atoms with E-state index in [1.807, 2.05) is 39.8 Å². The SMILES string of the molecule is COc1ccc(C(=O)Oc2ccc(OC(=O)c3ccc(C)cc3)cc2C(C)(C)C)cc1. The van der Waals surface area contributed by atoms with Crippen molar-refractivity contribution in [2.24, 2.45) is 0 Å². The fourth-order valence-electron chi connectivity index (χ4n) is 2.99. The molecule has 0 radical (unpaired) electrons. The van der Waals surface area contributed by atoms with Crippen LogP contribution >= 0.6 is 0 Å². The van der Waals surface area contributed by atoms with Crippen LogP contribution in [0.5, 0.6) is 17.2 Å². The van der Waals surface area contributed by atoms with Gasteiger partial charge in [-0.25, -0.2) is 9.59 Å². The average molecular weight is 418 g/mol. The molecule has 0 aliphatic carbocycles. The van der Waals surface area contributed by atoms with Crippen molar-refractivity contribution in [1.82, 2.24) is 0 Å². The molecule has 5 heteroatoms. The van der Waals surface area contributed by atoms with Gasteiger partial charge in [0.1, 0.15) is 17.2 Å². The van der Waals surface area contributed by atoms with Crippen molar-refractivity contribution >= 4 is 11.9 Å². The van der Waals surface area contributed by atoms with E-state index < -0.39 is 11.9 Å². The molecule has 0 heterocycles. The number of hydrogen-bond acceptors (Lipinski definition) is 5. The third-order valence-corrected chi connectivity index (χ3v) is 4.79. The first-order chi connectivity index (χ1) is 14.7. The zero-order valence-electron chi connectivity index (χ0n) is 18.4. The molecular weight excluding hydrogens is 392 g/mol. The number of rotatable bonds is 5. The average Bonchev–Trinajstić information content (AvgIpc) is 2.74. The van der Waals surface area contributed by atoms with Gasteiger partial charge < -0.3 is 14.2 Å². The van der Waals surface area contributed by atoms with Crippen molar-refractivity contribution in [2.45, 2.75) is 33.1 Å². The highest BCUT2D eigenvalue weighted by Crippen LogP contribution is 2.35. The lowest BCUT2D eigenvalue weighted by atomic mass is 9.86. The summed E-state index contributed by atoms with van der Waals surface area (Å²) in [6.45, 7) is 7.95. The molecule has 0 spiro atoms. The fourth-order valence-corrected chi connectivity index (χ4v) is 2.99. The Bertz CT molecular complexity index is 1070.